The predicted molar refractivity (Wildman–Crippen MR) is 176 cm³/mol. The number of nitrogens with one attached hydrogen (secondary N) is 6. The van der Waals surface area contributed by atoms with Crippen LogP contribution >= 0.6 is 15.9 Å². The van der Waals surface area contributed by atoms with E-state index in [9.17, 15) is 14.0 Å². The summed E-state index contributed by atoms with van der Waals surface area (Å²) in [6.45, 7) is 8.38. The first-order chi connectivity index (χ1) is 22.9. The molecule has 2 aliphatic rings. The Bertz CT molecular complexity index is 1620. The molecule has 2 atom stereocenters. The zero-order valence-corrected chi connectivity index (χ0v) is 27.7. The van der Waals surface area contributed by atoms with Crippen molar-refractivity contribution in [3.8, 4) is 0 Å². The van der Waals surface area contributed by atoms with Crippen LogP contribution in [0.3, 0.4) is 0 Å². The summed E-state index contributed by atoms with van der Waals surface area (Å²) in [6.07, 6.45) is 5.03. The molecule has 0 bridgehead atoms. The van der Waals surface area contributed by atoms with Crippen LogP contribution in [0.5, 0.6) is 0 Å². The summed E-state index contributed by atoms with van der Waals surface area (Å²) >= 11 is 3.40. The highest BCUT2D eigenvalue weighted by atomic mass is 79.9. The number of ether oxygens (including phenoxy) is 2. The number of nitrogens with zero attached hydrogens (tertiary/aromatic N) is 4. The van der Waals surface area contributed by atoms with Gasteiger partial charge in [-0.3, -0.25) is 29.8 Å². The third-order valence-electron chi connectivity index (χ3n) is 7.43. The lowest BCUT2D eigenvalue weighted by atomic mass is 10.2. The Morgan fingerprint density at radius 1 is 0.851 bits per heavy atom. The van der Waals surface area contributed by atoms with Gasteiger partial charge in [0.2, 0.25) is 0 Å². The van der Waals surface area contributed by atoms with Crippen molar-refractivity contribution in [2.45, 2.75) is 45.3 Å². The fraction of sp³-hybridized carbons (Fsp3) is 0.419. The molecule has 4 aromatic rings. The van der Waals surface area contributed by atoms with E-state index in [0.717, 1.165) is 49.6 Å². The number of halogens is 2. The van der Waals surface area contributed by atoms with E-state index in [-0.39, 0.29) is 29.5 Å². The molecule has 0 unspecified atom stereocenters. The Balaban J connectivity index is 0.000000185. The molecule has 6 N–H and O–H groups in total. The van der Waals surface area contributed by atoms with E-state index in [0.29, 0.717) is 47.7 Å². The lowest BCUT2D eigenvalue weighted by Crippen LogP contribution is -2.33. The Hall–Kier alpha value is -4.09. The van der Waals surface area contributed by atoms with Gasteiger partial charge in [0.1, 0.15) is 17.9 Å². The number of rotatable bonds is 9. The summed E-state index contributed by atoms with van der Waals surface area (Å²) in [7, 11) is 0. The Morgan fingerprint density at radius 3 is 1.83 bits per heavy atom. The lowest BCUT2D eigenvalue weighted by molar-refractivity contribution is 0.0250. The standard InChI is InChI=1S/C16H20FN5O2.C15H18BrN5O2/c1-2-3-12-14(17)15(22-21-12)16(23)20-10-4-5-11(19-8-10)13-9-18-6-7-24-13;1-2-10-13(16)14(21-20-10)15(22)19-9-3-4-11(18-7-9)12-8-17-5-6-23-12/h4-5,8,13,18H,2-3,6-7,9H2,1H3,(H,20,23)(H,21,22);3-4,7,12,17H,2,5-6,8H2,1H3,(H,19,22)(H,20,21)/t13-;12-/m00/s1. The van der Waals surface area contributed by atoms with E-state index in [1.165, 1.54) is 6.20 Å². The van der Waals surface area contributed by atoms with E-state index in [1.807, 2.05) is 26.0 Å². The van der Waals surface area contributed by atoms with Gasteiger partial charge in [-0.25, -0.2) is 4.39 Å². The molecular weight excluding hydrogens is 675 g/mol. The minimum atomic E-state index is -0.597. The molecule has 6 rings (SSSR count). The maximum absolute atomic E-state index is 14.1. The van der Waals surface area contributed by atoms with Crippen molar-refractivity contribution >= 4 is 39.1 Å². The van der Waals surface area contributed by atoms with Crippen LogP contribution < -0.4 is 21.3 Å². The lowest BCUT2D eigenvalue weighted by Gasteiger charge is -2.23. The van der Waals surface area contributed by atoms with Crippen LogP contribution in [-0.4, -0.2) is 81.6 Å². The van der Waals surface area contributed by atoms with Gasteiger partial charge in [0.05, 0.1) is 64.2 Å². The van der Waals surface area contributed by atoms with Gasteiger partial charge in [0.15, 0.2) is 11.5 Å². The number of carbonyl (C=O) groups is 2. The average molecular weight is 714 g/mol. The second kappa shape index (κ2) is 16.6. The number of hydrogen-bond donors (Lipinski definition) is 6. The predicted octanol–water partition coefficient (Wildman–Crippen LogP) is 3.85. The third-order valence-corrected chi connectivity index (χ3v) is 8.28. The summed E-state index contributed by atoms with van der Waals surface area (Å²) in [5.41, 5.74) is 4.10. The monoisotopic (exact) mass is 712 g/mol. The minimum Gasteiger partial charge on any atom is -0.369 e. The molecule has 0 aliphatic carbocycles. The van der Waals surface area contributed by atoms with Crippen molar-refractivity contribution in [3.63, 3.8) is 0 Å². The first-order valence-electron chi connectivity index (χ1n) is 15.5. The number of aromatic nitrogens is 6. The van der Waals surface area contributed by atoms with E-state index in [2.05, 4.69) is 67.6 Å². The summed E-state index contributed by atoms with van der Waals surface area (Å²) < 4.78 is 26.1. The van der Waals surface area contributed by atoms with E-state index in [1.54, 1.807) is 18.3 Å². The Kier molecular flexibility index (Phi) is 12.1. The molecule has 0 aromatic carbocycles. The van der Waals surface area contributed by atoms with Crippen LogP contribution in [0, 0.1) is 5.82 Å². The second-order valence-corrected chi connectivity index (χ2v) is 11.6. The van der Waals surface area contributed by atoms with Crippen molar-refractivity contribution in [2.75, 3.05) is 50.0 Å². The van der Waals surface area contributed by atoms with Gasteiger partial charge in [-0.1, -0.05) is 20.3 Å². The first-order valence-corrected chi connectivity index (χ1v) is 16.3. The van der Waals surface area contributed by atoms with Crippen LogP contribution in [-0.2, 0) is 22.3 Å². The molecule has 2 saturated heterocycles. The Morgan fingerprint density at radius 2 is 1.38 bits per heavy atom. The van der Waals surface area contributed by atoms with Crippen LogP contribution in [0.15, 0.2) is 41.1 Å². The van der Waals surface area contributed by atoms with Gasteiger partial charge in [0, 0.05) is 26.2 Å². The molecule has 0 spiro atoms. The molecule has 6 heterocycles. The van der Waals surface area contributed by atoms with Gasteiger partial charge in [0.25, 0.3) is 11.8 Å². The number of H-pyrrole nitrogens is 2. The zero-order valence-electron chi connectivity index (χ0n) is 26.2. The molecule has 0 saturated carbocycles. The van der Waals surface area contributed by atoms with Gasteiger partial charge < -0.3 is 30.7 Å². The van der Waals surface area contributed by atoms with E-state index >= 15 is 0 Å². The number of pyridine rings is 2. The summed E-state index contributed by atoms with van der Waals surface area (Å²) in [5.74, 6) is -1.43. The molecule has 14 nitrogen and oxygen atoms in total. The zero-order chi connectivity index (χ0) is 33.2. The van der Waals surface area contributed by atoms with Gasteiger partial charge in [-0.05, 0) is 53.0 Å². The molecule has 0 radical (unpaired) electrons. The third kappa shape index (κ3) is 8.84. The van der Waals surface area contributed by atoms with Gasteiger partial charge in [-0.15, -0.1) is 0 Å². The molecule has 2 fully saturated rings. The number of amides is 2. The van der Waals surface area contributed by atoms with Gasteiger partial charge in [-0.2, -0.15) is 10.2 Å². The summed E-state index contributed by atoms with van der Waals surface area (Å²) in [5, 5.41) is 25.1. The normalized spacial score (nSPS) is 17.8. The quantitative estimate of drug-likeness (QED) is 0.149. The maximum Gasteiger partial charge on any atom is 0.276 e. The van der Waals surface area contributed by atoms with Crippen LogP contribution in [0.4, 0.5) is 15.8 Å². The van der Waals surface area contributed by atoms with Crippen LogP contribution in [0.25, 0.3) is 0 Å². The number of anilines is 2. The average Bonchev–Trinajstić information content (AvgIpc) is 3.68. The fourth-order valence-electron chi connectivity index (χ4n) is 4.91. The molecule has 16 heteroatoms. The number of morpholine rings is 2. The fourth-order valence-corrected chi connectivity index (χ4v) is 5.54. The molecule has 4 aromatic heterocycles. The van der Waals surface area contributed by atoms with Crippen molar-refractivity contribution in [2.24, 2.45) is 0 Å². The summed E-state index contributed by atoms with van der Waals surface area (Å²) in [4.78, 5) is 33.1. The minimum absolute atomic E-state index is 0.0395. The van der Waals surface area contributed by atoms with Crippen molar-refractivity contribution in [3.05, 3.63) is 81.1 Å². The molecular formula is C31H38BrFN10O4. The highest BCUT2D eigenvalue weighted by molar-refractivity contribution is 9.10. The van der Waals surface area contributed by atoms with Gasteiger partial charge >= 0.3 is 0 Å². The van der Waals surface area contributed by atoms with Crippen LogP contribution in [0.1, 0.15) is 76.2 Å². The molecule has 250 valence electrons. The largest absolute Gasteiger partial charge is 0.369 e. The van der Waals surface area contributed by atoms with E-state index in [4.69, 9.17) is 9.47 Å². The number of carbonyl (C=O) groups excluding carboxylic acids is 2. The highest BCUT2D eigenvalue weighted by Gasteiger charge is 2.21. The molecule has 2 amide bonds. The number of aryl methyl sites for hydroxylation is 2. The van der Waals surface area contributed by atoms with Crippen LogP contribution in [0.2, 0.25) is 0 Å². The summed E-state index contributed by atoms with van der Waals surface area (Å²) in [6, 6.07) is 7.20. The molecule has 2 aliphatic heterocycles. The second-order valence-electron chi connectivity index (χ2n) is 10.8. The highest BCUT2D eigenvalue weighted by Crippen LogP contribution is 2.22. The number of hydrogen-bond acceptors (Lipinski definition) is 10. The topological polar surface area (TPSA) is 184 Å². The number of aromatic amines is 2. The van der Waals surface area contributed by atoms with Crippen molar-refractivity contribution in [1.82, 2.24) is 41.0 Å². The SMILES string of the molecule is CCCc1n[nH]c(C(=O)Nc2ccc([C@@H]3CNCCO3)nc2)c1F.CCc1n[nH]c(C(=O)Nc2ccc([C@@H]3CNCCO3)nc2)c1Br. The maximum atomic E-state index is 14.1. The Labute approximate surface area is 279 Å². The van der Waals surface area contributed by atoms with E-state index < -0.39 is 11.7 Å². The van der Waals surface area contributed by atoms with Crippen molar-refractivity contribution in [1.29, 1.82) is 0 Å². The molecule has 47 heavy (non-hydrogen) atoms. The smallest absolute Gasteiger partial charge is 0.276 e. The van der Waals surface area contributed by atoms with Crippen molar-refractivity contribution < 1.29 is 23.5 Å². The first kappa shape index (κ1) is 34.3.